The molecule has 1 atom stereocenters. The predicted octanol–water partition coefficient (Wildman–Crippen LogP) is 2.62. The maximum Gasteiger partial charge on any atom is 0.305 e. The van der Waals surface area contributed by atoms with E-state index in [9.17, 15) is 4.79 Å². The van der Waals surface area contributed by atoms with Crippen LogP contribution in [0.25, 0.3) is 0 Å². The van der Waals surface area contributed by atoms with Crippen molar-refractivity contribution < 1.29 is 9.53 Å². The number of carbonyl (C=O) groups is 1. The van der Waals surface area contributed by atoms with E-state index in [4.69, 9.17) is 0 Å². The standard InChI is InChI=1S/C13H20N2O2S/c1-17-12(16)6-4-9-15-8-3-2-5-11(15)13-14-7-10-18-13/h7,10-11H,2-6,8-9H2,1H3. The van der Waals surface area contributed by atoms with Crippen LogP contribution in [0.4, 0.5) is 0 Å². The highest BCUT2D eigenvalue weighted by Gasteiger charge is 2.25. The van der Waals surface area contributed by atoms with Crippen molar-refractivity contribution >= 4 is 17.3 Å². The Kier molecular flexibility index (Phi) is 5.13. The molecule has 5 heteroatoms. The highest BCUT2D eigenvalue weighted by atomic mass is 32.1. The Labute approximate surface area is 112 Å². The van der Waals surface area contributed by atoms with Crippen LogP contribution in [-0.4, -0.2) is 36.1 Å². The van der Waals surface area contributed by atoms with Crippen LogP contribution in [0.15, 0.2) is 11.6 Å². The molecule has 1 fully saturated rings. The zero-order valence-corrected chi connectivity index (χ0v) is 11.6. The van der Waals surface area contributed by atoms with Crippen molar-refractivity contribution in [3.8, 4) is 0 Å². The van der Waals surface area contributed by atoms with Crippen LogP contribution in [0.5, 0.6) is 0 Å². The largest absolute Gasteiger partial charge is 0.469 e. The van der Waals surface area contributed by atoms with Gasteiger partial charge >= 0.3 is 5.97 Å². The Bertz CT molecular complexity index is 367. The number of rotatable bonds is 5. The fourth-order valence-electron chi connectivity index (χ4n) is 2.47. The molecule has 100 valence electrons. The Hall–Kier alpha value is -0.940. The number of methoxy groups -OCH3 is 1. The second-order valence-corrected chi connectivity index (χ2v) is 5.52. The number of thiazole rings is 1. The molecular formula is C13H20N2O2S. The number of esters is 1. The minimum Gasteiger partial charge on any atom is -0.469 e. The molecule has 0 amide bonds. The van der Waals surface area contributed by atoms with E-state index in [1.165, 1.54) is 31.4 Å². The van der Waals surface area contributed by atoms with Gasteiger partial charge in [-0.1, -0.05) is 6.42 Å². The van der Waals surface area contributed by atoms with Crippen molar-refractivity contribution in [3.63, 3.8) is 0 Å². The molecule has 0 aliphatic carbocycles. The number of nitrogens with zero attached hydrogens (tertiary/aromatic N) is 2. The molecule has 1 aliphatic heterocycles. The summed E-state index contributed by atoms with van der Waals surface area (Å²) >= 11 is 1.73. The highest BCUT2D eigenvalue weighted by molar-refractivity contribution is 7.09. The summed E-state index contributed by atoms with van der Waals surface area (Å²) in [5.41, 5.74) is 0. The third kappa shape index (κ3) is 3.53. The number of ether oxygens (including phenoxy) is 1. The SMILES string of the molecule is COC(=O)CCCN1CCCCC1c1nccs1. The van der Waals surface area contributed by atoms with Crippen LogP contribution < -0.4 is 0 Å². The maximum atomic E-state index is 11.1. The quantitative estimate of drug-likeness (QED) is 0.770. The molecule has 0 N–H and O–H groups in total. The zero-order valence-electron chi connectivity index (χ0n) is 10.8. The van der Waals surface area contributed by atoms with Crippen LogP contribution in [0.1, 0.15) is 43.2 Å². The van der Waals surface area contributed by atoms with Crippen LogP contribution in [-0.2, 0) is 9.53 Å². The van der Waals surface area contributed by atoms with Crippen LogP contribution >= 0.6 is 11.3 Å². The van der Waals surface area contributed by atoms with Gasteiger partial charge in [-0.15, -0.1) is 11.3 Å². The van der Waals surface area contributed by atoms with Crippen molar-refractivity contribution in [2.45, 2.75) is 38.1 Å². The lowest BCUT2D eigenvalue weighted by Gasteiger charge is -2.34. The van der Waals surface area contributed by atoms with Crippen LogP contribution in [0.3, 0.4) is 0 Å². The molecule has 1 aliphatic rings. The van der Waals surface area contributed by atoms with Crippen molar-refractivity contribution in [1.82, 2.24) is 9.88 Å². The fraction of sp³-hybridized carbons (Fsp3) is 0.692. The summed E-state index contributed by atoms with van der Waals surface area (Å²) in [7, 11) is 1.45. The van der Waals surface area contributed by atoms with Gasteiger partial charge in [-0.25, -0.2) is 4.98 Å². The molecule has 4 nitrogen and oxygen atoms in total. The summed E-state index contributed by atoms with van der Waals surface area (Å²) < 4.78 is 4.67. The Morgan fingerprint density at radius 1 is 1.61 bits per heavy atom. The third-order valence-corrected chi connectivity index (χ3v) is 4.28. The highest BCUT2D eigenvalue weighted by Crippen LogP contribution is 2.31. The number of piperidine rings is 1. The van der Waals surface area contributed by atoms with Gasteiger partial charge in [0.05, 0.1) is 13.2 Å². The Balaban J connectivity index is 1.86. The first-order valence-electron chi connectivity index (χ1n) is 6.51. The van der Waals surface area contributed by atoms with Crippen molar-refractivity contribution in [2.75, 3.05) is 20.2 Å². The van der Waals surface area contributed by atoms with E-state index in [-0.39, 0.29) is 5.97 Å². The molecule has 2 heterocycles. The van der Waals surface area contributed by atoms with Gasteiger partial charge in [0.15, 0.2) is 0 Å². The topological polar surface area (TPSA) is 42.4 Å². The molecule has 1 saturated heterocycles. The minimum absolute atomic E-state index is 0.113. The van der Waals surface area contributed by atoms with E-state index in [2.05, 4.69) is 14.6 Å². The molecule has 0 aromatic carbocycles. The molecule has 0 bridgehead atoms. The molecule has 1 aromatic heterocycles. The summed E-state index contributed by atoms with van der Waals surface area (Å²) in [5.74, 6) is -0.113. The second kappa shape index (κ2) is 6.85. The molecule has 0 spiro atoms. The summed E-state index contributed by atoms with van der Waals surface area (Å²) in [6.07, 6.45) is 6.97. The minimum atomic E-state index is -0.113. The third-order valence-electron chi connectivity index (χ3n) is 3.40. The van der Waals surface area contributed by atoms with Gasteiger partial charge in [-0.3, -0.25) is 9.69 Å². The first-order chi connectivity index (χ1) is 8.81. The van der Waals surface area contributed by atoms with E-state index in [1.807, 2.05) is 11.6 Å². The number of aromatic nitrogens is 1. The molecular weight excluding hydrogens is 248 g/mol. The van der Waals surface area contributed by atoms with Crippen LogP contribution in [0, 0.1) is 0 Å². The van der Waals surface area contributed by atoms with Gasteiger partial charge in [-0.2, -0.15) is 0 Å². The molecule has 18 heavy (non-hydrogen) atoms. The van der Waals surface area contributed by atoms with Gasteiger partial charge in [0, 0.05) is 18.0 Å². The Morgan fingerprint density at radius 2 is 2.50 bits per heavy atom. The van der Waals surface area contributed by atoms with Crippen molar-refractivity contribution in [1.29, 1.82) is 0 Å². The normalized spacial score (nSPS) is 20.8. The van der Waals surface area contributed by atoms with Gasteiger partial charge in [-0.05, 0) is 32.4 Å². The summed E-state index contributed by atoms with van der Waals surface area (Å²) in [6, 6.07) is 0.455. The lowest BCUT2D eigenvalue weighted by atomic mass is 10.0. The van der Waals surface area contributed by atoms with Gasteiger partial charge in [0.1, 0.15) is 5.01 Å². The average Bonchev–Trinajstić information content (AvgIpc) is 2.93. The van der Waals surface area contributed by atoms with Crippen molar-refractivity contribution in [3.05, 3.63) is 16.6 Å². The van der Waals surface area contributed by atoms with E-state index in [0.29, 0.717) is 12.5 Å². The van der Waals surface area contributed by atoms with E-state index in [0.717, 1.165) is 19.5 Å². The first-order valence-corrected chi connectivity index (χ1v) is 7.39. The van der Waals surface area contributed by atoms with Crippen molar-refractivity contribution in [2.24, 2.45) is 0 Å². The van der Waals surface area contributed by atoms with E-state index >= 15 is 0 Å². The van der Waals surface area contributed by atoms with E-state index in [1.54, 1.807) is 11.3 Å². The zero-order chi connectivity index (χ0) is 12.8. The van der Waals surface area contributed by atoms with Gasteiger partial charge in [0.2, 0.25) is 0 Å². The molecule has 1 aromatic rings. The van der Waals surface area contributed by atoms with Gasteiger partial charge < -0.3 is 4.74 Å². The maximum absolute atomic E-state index is 11.1. The molecule has 0 saturated carbocycles. The number of hydrogen-bond acceptors (Lipinski definition) is 5. The lowest BCUT2D eigenvalue weighted by Crippen LogP contribution is -2.34. The fourth-order valence-corrected chi connectivity index (χ4v) is 3.27. The summed E-state index contributed by atoms with van der Waals surface area (Å²) in [6.45, 7) is 2.07. The smallest absolute Gasteiger partial charge is 0.305 e. The summed E-state index contributed by atoms with van der Waals surface area (Å²) in [4.78, 5) is 18.0. The van der Waals surface area contributed by atoms with Gasteiger partial charge in [0.25, 0.3) is 0 Å². The number of hydrogen-bond donors (Lipinski definition) is 0. The molecule has 1 unspecified atom stereocenters. The number of carbonyl (C=O) groups excluding carboxylic acids is 1. The lowest BCUT2D eigenvalue weighted by molar-refractivity contribution is -0.140. The predicted molar refractivity (Wildman–Crippen MR) is 71.5 cm³/mol. The van der Waals surface area contributed by atoms with E-state index < -0.39 is 0 Å². The van der Waals surface area contributed by atoms with Crippen LogP contribution in [0.2, 0.25) is 0 Å². The second-order valence-electron chi connectivity index (χ2n) is 4.60. The monoisotopic (exact) mass is 268 g/mol. The average molecular weight is 268 g/mol. The first kappa shape index (κ1) is 13.5. The molecule has 0 radical (unpaired) electrons. The Morgan fingerprint density at radius 3 is 3.22 bits per heavy atom. The molecule has 2 rings (SSSR count). The summed E-state index contributed by atoms with van der Waals surface area (Å²) in [5, 5.41) is 3.25. The number of likely N-dealkylation sites (tertiary alicyclic amines) is 1.